The van der Waals surface area contributed by atoms with Gasteiger partial charge in [-0.15, -0.1) is 0 Å². The molecule has 1 saturated heterocycles. The molecule has 30 heavy (non-hydrogen) atoms. The normalized spacial score (nSPS) is 21.3. The quantitative estimate of drug-likeness (QED) is 0.741. The predicted molar refractivity (Wildman–Crippen MR) is 118 cm³/mol. The Hall–Kier alpha value is -2.40. The van der Waals surface area contributed by atoms with Crippen molar-refractivity contribution in [1.82, 2.24) is 15.2 Å². The maximum atomic E-state index is 13.0. The Morgan fingerprint density at radius 1 is 1.13 bits per heavy atom. The van der Waals surface area contributed by atoms with Gasteiger partial charge in [0.05, 0.1) is 18.8 Å². The van der Waals surface area contributed by atoms with Crippen LogP contribution in [0.2, 0.25) is 0 Å². The zero-order valence-electron chi connectivity index (χ0n) is 17.9. The molecule has 0 bridgehead atoms. The molecule has 1 N–H and O–H groups in total. The average molecular weight is 408 g/mol. The monoisotopic (exact) mass is 407 g/mol. The third kappa shape index (κ3) is 5.01. The van der Waals surface area contributed by atoms with Crippen molar-refractivity contribution >= 4 is 5.91 Å². The van der Waals surface area contributed by atoms with E-state index in [0.29, 0.717) is 5.92 Å². The third-order valence-corrected chi connectivity index (χ3v) is 6.63. The number of methoxy groups -OCH3 is 1. The van der Waals surface area contributed by atoms with Crippen LogP contribution in [-0.4, -0.2) is 36.0 Å². The molecule has 5 nitrogen and oxygen atoms in total. The highest BCUT2D eigenvalue weighted by Crippen LogP contribution is 2.32. The number of likely N-dealkylation sites (tertiary alicyclic amines) is 1. The summed E-state index contributed by atoms with van der Waals surface area (Å²) in [5, 5.41) is 3.40. The van der Waals surface area contributed by atoms with Crippen molar-refractivity contribution < 1.29 is 9.53 Å². The van der Waals surface area contributed by atoms with Crippen LogP contribution in [0, 0.1) is 11.8 Å². The molecule has 4 rings (SSSR count). The molecule has 1 amide bonds. The van der Waals surface area contributed by atoms with E-state index in [1.165, 1.54) is 18.4 Å². The van der Waals surface area contributed by atoms with E-state index < -0.39 is 0 Å². The van der Waals surface area contributed by atoms with Gasteiger partial charge in [0.2, 0.25) is 5.91 Å². The number of nitrogens with one attached hydrogen (secondary N) is 1. The Morgan fingerprint density at radius 2 is 1.93 bits per heavy atom. The fourth-order valence-corrected chi connectivity index (χ4v) is 5.03. The Balaban J connectivity index is 1.49. The molecular weight excluding hydrogens is 374 g/mol. The van der Waals surface area contributed by atoms with Crippen LogP contribution in [-0.2, 0) is 11.3 Å². The van der Waals surface area contributed by atoms with Gasteiger partial charge in [-0.05, 0) is 56.3 Å². The first-order valence-corrected chi connectivity index (χ1v) is 11.3. The second kappa shape index (κ2) is 10.1. The fourth-order valence-electron chi connectivity index (χ4n) is 5.03. The summed E-state index contributed by atoms with van der Waals surface area (Å²) in [5.74, 6) is 1.68. The van der Waals surface area contributed by atoms with Gasteiger partial charge in [-0.3, -0.25) is 14.7 Å². The van der Waals surface area contributed by atoms with Crippen molar-refractivity contribution in [1.29, 1.82) is 0 Å². The number of pyridine rings is 1. The first-order valence-electron chi connectivity index (χ1n) is 11.3. The summed E-state index contributed by atoms with van der Waals surface area (Å²) in [4.78, 5) is 20.1. The van der Waals surface area contributed by atoms with Crippen LogP contribution >= 0.6 is 0 Å². The van der Waals surface area contributed by atoms with Gasteiger partial charge in [-0.1, -0.05) is 37.1 Å². The number of benzene rings is 1. The van der Waals surface area contributed by atoms with Gasteiger partial charge >= 0.3 is 0 Å². The Bertz CT molecular complexity index is 820. The van der Waals surface area contributed by atoms with Gasteiger partial charge in [0, 0.05) is 30.8 Å². The number of nitrogens with zero attached hydrogens (tertiary/aromatic N) is 2. The van der Waals surface area contributed by atoms with E-state index in [2.05, 4.69) is 33.4 Å². The van der Waals surface area contributed by atoms with Crippen molar-refractivity contribution in [3.8, 4) is 5.75 Å². The number of rotatable bonds is 7. The number of carbonyl (C=O) groups excluding carboxylic acids is 1. The maximum absolute atomic E-state index is 13.0. The SMILES string of the molecule is COc1ccccc1CN1CCCC(C(NC(=O)C2CCCC2)c2ccccn2)C1. The van der Waals surface area contributed by atoms with E-state index in [-0.39, 0.29) is 17.9 Å². The van der Waals surface area contributed by atoms with Gasteiger partial charge in [-0.2, -0.15) is 0 Å². The Labute approximate surface area is 179 Å². The topological polar surface area (TPSA) is 54.5 Å². The summed E-state index contributed by atoms with van der Waals surface area (Å²) in [5.41, 5.74) is 2.19. The number of para-hydroxylation sites is 1. The van der Waals surface area contributed by atoms with E-state index in [1.54, 1.807) is 7.11 Å². The van der Waals surface area contributed by atoms with Crippen LogP contribution in [0.5, 0.6) is 5.75 Å². The van der Waals surface area contributed by atoms with E-state index >= 15 is 0 Å². The third-order valence-electron chi connectivity index (χ3n) is 6.63. The molecule has 1 aliphatic carbocycles. The summed E-state index contributed by atoms with van der Waals surface area (Å²) in [6, 6.07) is 14.2. The van der Waals surface area contributed by atoms with E-state index in [0.717, 1.165) is 56.8 Å². The van der Waals surface area contributed by atoms with Crippen LogP contribution < -0.4 is 10.1 Å². The number of carbonyl (C=O) groups is 1. The van der Waals surface area contributed by atoms with Crippen LogP contribution in [0.1, 0.15) is 55.8 Å². The zero-order valence-corrected chi connectivity index (χ0v) is 17.9. The second-order valence-corrected chi connectivity index (χ2v) is 8.67. The first kappa shape index (κ1) is 20.9. The van der Waals surface area contributed by atoms with Crippen molar-refractivity contribution in [2.75, 3.05) is 20.2 Å². The largest absolute Gasteiger partial charge is 0.496 e. The molecule has 5 heteroatoms. The maximum Gasteiger partial charge on any atom is 0.223 e. The smallest absolute Gasteiger partial charge is 0.223 e. The van der Waals surface area contributed by atoms with Gasteiger partial charge in [-0.25, -0.2) is 0 Å². The molecule has 0 radical (unpaired) electrons. The molecule has 2 fully saturated rings. The molecule has 2 aromatic rings. The van der Waals surface area contributed by atoms with Gasteiger partial charge < -0.3 is 10.1 Å². The van der Waals surface area contributed by atoms with Crippen LogP contribution in [0.4, 0.5) is 0 Å². The Kier molecular flexibility index (Phi) is 7.00. The van der Waals surface area contributed by atoms with E-state index in [9.17, 15) is 4.79 Å². The Morgan fingerprint density at radius 3 is 2.70 bits per heavy atom. The summed E-state index contributed by atoms with van der Waals surface area (Å²) in [7, 11) is 1.73. The molecule has 1 aromatic heterocycles. The van der Waals surface area contributed by atoms with Crippen molar-refractivity contribution in [3.05, 3.63) is 59.9 Å². The molecule has 1 saturated carbocycles. The zero-order chi connectivity index (χ0) is 20.8. The standard InChI is InChI=1S/C25H33N3O2/c1-30-23-14-5-4-11-20(23)17-28-16-8-12-21(18-28)24(22-13-6-7-15-26-22)27-25(29)19-9-2-3-10-19/h4-7,11,13-15,19,21,24H,2-3,8-10,12,16-18H2,1H3,(H,27,29). The molecule has 2 aliphatic rings. The molecule has 2 atom stereocenters. The highest BCUT2D eigenvalue weighted by molar-refractivity contribution is 5.79. The summed E-state index contributed by atoms with van der Waals surface area (Å²) < 4.78 is 5.55. The van der Waals surface area contributed by atoms with Crippen molar-refractivity contribution in [2.45, 2.75) is 51.1 Å². The fraction of sp³-hybridized carbons (Fsp3) is 0.520. The summed E-state index contributed by atoms with van der Waals surface area (Å²) >= 11 is 0. The van der Waals surface area contributed by atoms with E-state index in [4.69, 9.17) is 4.74 Å². The lowest BCUT2D eigenvalue weighted by atomic mass is 9.87. The lowest BCUT2D eigenvalue weighted by Crippen LogP contribution is -2.44. The number of piperidine rings is 1. The average Bonchev–Trinajstić information content (AvgIpc) is 3.34. The molecule has 1 aliphatic heterocycles. The minimum Gasteiger partial charge on any atom is -0.496 e. The second-order valence-electron chi connectivity index (χ2n) is 8.67. The first-order chi connectivity index (χ1) is 14.7. The highest BCUT2D eigenvalue weighted by atomic mass is 16.5. The van der Waals surface area contributed by atoms with Gasteiger partial charge in [0.15, 0.2) is 0 Å². The number of aromatic nitrogens is 1. The predicted octanol–water partition coefficient (Wildman–Crippen LogP) is 4.35. The number of hydrogen-bond donors (Lipinski definition) is 1. The molecule has 2 heterocycles. The summed E-state index contributed by atoms with van der Waals surface area (Å²) in [6.45, 7) is 2.89. The molecule has 160 valence electrons. The summed E-state index contributed by atoms with van der Waals surface area (Å²) in [6.07, 6.45) is 8.44. The minimum atomic E-state index is -0.0280. The van der Waals surface area contributed by atoms with Crippen LogP contribution in [0.3, 0.4) is 0 Å². The van der Waals surface area contributed by atoms with Crippen molar-refractivity contribution in [2.24, 2.45) is 11.8 Å². The van der Waals surface area contributed by atoms with Crippen LogP contribution in [0.25, 0.3) is 0 Å². The molecule has 2 unspecified atom stereocenters. The lowest BCUT2D eigenvalue weighted by Gasteiger charge is -2.37. The molecule has 0 spiro atoms. The molecular formula is C25H33N3O2. The minimum absolute atomic E-state index is 0.0280. The number of ether oxygens (including phenoxy) is 1. The van der Waals surface area contributed by atoms with Crippen LogP contribution in [0.15, 0.2) is 48.7 Å². The van der Waals surface area contributed by atoms with Gasteiger partial charge in [0.25, 0.3) is 0 Å². The van der Waals surface area contributed by atoms with Crippen molar-refractivity contribution in [3.63, 3.8) is 0 Å². The lowest BCUT2D eigenvalue weighted by molar-refractivity contribution is -0.126. The molecule has 1 aromatic carbocycles. The van der Waals surface area contributed by atoms with Gasteiger partial charge in [0.1, 0.15) is 5.75 Å². The number of amides is 1. The highest BCUT2D eigenvalue weighted by Gasteiger charge is 2.33. The van der Waals surface area contributed by atoms with E-state index in [1.807, 2.05) is 30.5 Å². The number of hydrogen-bond acceptors (Lipinski definition) is 4.